The fourth-order valence-corrected chi connectivity index (χ4v) is 2.42. The Morgan fingerprint density at radius 3 is 2.22 bits per heavy atom. The lowest BCUT2D eigenvalue weighted by molar-refractivity contribution is -0.137. The van der Waals surface area contributed by atoms with E-state index in [0.29, 0.717) is 5.41 Å². The molecule has 18 heavy (non-hydrogen) atoms. The zero-order valence-electron chi connectivity index (χ0n) is 10.7. The van der Waals surface area contributed by atoms with Crippen LogP contribution in [0.25, 0.3) is 0 Å². The summed E-state index contributed by atoms with van der Waals surface area (Å²) in [4.78, 5) is 2.29. The molecule has 100 valence electrons. The Bertz CT molecular complexity index is 406. The zero-order valence-corrected chi connectivity index (χ0v) is 10.7. The molecule has 1 saturated heterocycles. The van der Waals surface area contributed by atoms with Crippen LogP contribution in [0.4, 0.5) is 13.2 Å². The molecule has 1 aromatic rings. The summed E-state index contributed by atoms with van der Waals surface area (Å²) in [5.74, 6) is 0. The van der Waals surface area contributed by atoms with Crippen molar-refractivity contribution in [3.05, 3.63) is 35.4 Å². The van der Waals surface area contributed by atoms with E-state index in [9.17, 15) is 13.2 Å². The van der Waals surface area contributed by atoms with Crippen LogP contribution in [-0.4, -0.2) is 18.0 Å². The molecule has 1 nitrogen and oxygen atoms in total. The van der Waals surface area contributed by atoms with E-state index in [2.05, 4.69) is 18.7 Å². The molecule has 0 aliphatic carbocycles. The van der Waals surface area contributed by atoms with Gasteiger partial charge in [0.2, 0.25) is 0 Å². The molecule has 0 atom stereocenters. The Labute approximate surface area is 106 Å². The normalized spacial score (nSPS) is 20.3. The smallest absolute Gasteiger partial charge is 0.299 e. The largest absolute Gasteiger partial charge is 0.416 e. The molecule has 0 spiro atoms. The maximum absolute atomic E-state index is 12.4. The first-order valence-electron chi connectivity index (χ1n) is 6.15. The molecule has 1 aliphatic heterocycles. The molecule has 0 bridgehead atoms. The Kier molecular flexibility index (Phi) is 3.41. The molecule has 1 aliphatic rings. The number of alkyl halides is 3. The number of rotatable bonds is 2. The van der Waals surface area contributed by atoms with Crippen LogP contribution in [0.2, 0.25) is 0 Å². The van der Waals surface area contributed by atoms with Gasteiger partial charge in [-0.05, 0) is 36.1 Å². The lowest BCUT2D eigenvalue weighted by Gasteiger charge is -2.19. The average Bonchev–Trinajstić information content (AvgIpc) is 2.57. The maximum Gasteiger partial charge on any atom is 0.416 e. The van der Waals surface area contributed by atoms with E-state index < -0.39 is 11.7 Å². The summed E-state index contributed by atoms with van der Waals surface area (Å²) in [6.07, 6.45) is -3.10. The lowest BCUT2D eigenvalue weighted by Crippen LogP contribution is -2.22. The highest BCUT2D eigenvalue weighted by Gasteiger charge is 2.31. The highest BCUT2D eigenvalue weighted by Crippen LogP contribution is 2.31. The molecular formula is C14H18F3N. The van der Waals surface area contributed by atoms with Gasteiger partial charge in [-0.25, -0.2) is 0 Å². The van der Waals surface area contributed by atoms with Gasteiger partial charge >= 0.3 is 6.18 Å². The van der Waals surface area contributed by atoms with Crippen molar-refractivity contribution in [1.29, 1.82) is 0 Å². The molecule has 2 rings (SSSR count). The molecule has 0 radical (unpaired) electrons. The van der Waals surface area contributed by atoms with Gasteiger partial charge in [-0.3, -0.25) is 4.90 Å². The summed E-state index contributed by atoms with van der Waals surface area (Å²) in [7, 11) is 0. The Morgan fingerprint density at radius 1 is 1.17 bits per heavy atom. The number of halogens is 3. The van der Waals surface area contributed by atoms with Crippen LogP contribution in [0.1, 0.15) is 31.4 Å². The van der Waals surface area contributed by atoms with Crippen LogP contribution in [0, 0.1) is 5.41 Å². The summed E-state index contributed by atoms with van der Waals surface area (Å²) in [5, 5.41) is 0. The third-order valence-electron chi connectivity index (χ3n) is 3.44. The second kappa shape index (κ2) is 4.57. The van der Waals surface area contributed by atoms with Gasteiger partial charge in [0.1, 0.15) is 0 Å². The second-order valence-electron chi connectivity index (χ2n) is 5.82. The predicted molar refractivity (Wildman–Crippen MR) is 65.1 cm³/mol. The van der Waals surface area contributed by atoms with Crippen LogP contribution in [0.5, 0.6) is 0 Å². The third-order valence-corrected chi connectivity index (χ3v) is 3.44. The first-order chi connectivity index (χ1) is 8.26. The van der Waals surface area contributed by atoms with E-state index in [1.54, 1.807) is 12.1 Å². The van der Waals surface area contributed by atoms with Gasteiger partial charge in [-0.2, -0.15) is 13.2 Å². The maximum atomic E-state index is 12.4. The number of benzene rings is 1. The molecule has 0 unspecified atom stereocenters. The summed E-state index contributed by atoms with van der Waals surface area (Å²) in [6, 6.07) is 5.48. The molecule has 1 fully saturated rings. The molecular weight excluding hydrogens is 239 g/mol. The fourth-order valence-electron chi connectivity index (χ4n) is 2.42. The lowest BCUT2D eigenvalue weighted by atomic mass is 9.93. The van der Waals surface area contributed by atoms with Gasteiger partial charge in [0.15, 0.2) is 0 Å². The molecule has 0 saturated carbocycles. The van der Waals surface area contributed by atoms with Crippen molar-refractivity contribution < 1.29 is 13.2 Å². The number of nitrogens with zero attached hydrogens (tertiary/aromatic N) is 1. The summed E-state index contributed by atoms with van der Waals surface area (Å²) in [6.45, 7) is 7.21. The van der Waals surface area contributed by atoms with Crippen molar-refractivity contribution in [2.45, 2.75) is 33.0 Å². The quantitative estimate of drug-likeness (QED) is 0.775. The SMILES string of the molecule is CC1(C)CCN(Cc2ccc(C(F)(F)F)cc2)C1. The Balaban J connectivity index is 1.99. The minimum absolute atomic E-state index is 0.325. The Morgan fingerprint density at radius 2 is 1.78 bits per heavy atom. The fraction of sp³-hybridized carbons (Fsp3) is 0.571. The van der Waals surface area contributed by atoms with Crippen molar-refractivity contribution >= 4 is 0 Å². The van der Waals surface area contributed by atoms with Gasteiger partial charge in [-0.1, -0.05) is 26.0 Å². The molecule has 0 aromatic heterocycles. The first kappa shape index (κ1) is 13.4. The van der Waals surface area contributed by atoms with Crippen LogP contribution in [0.3, 0.4) is 0 Å². The monoisotopic (exact) mass is 257 g/mol. The van der Waals surface area contributed by atoms with Crippen molar-refractivity contribution in [2.24, 2.45) is 5.41 Å². The highest BCUT2D eigenvalue weighted by atomic mass is 19.4. The van der Waals surface area contributed by atoms with E-state index in [0.717, 1.165) is 43.8 Å². The van der Waals surface area contributed by atoms with Crippen molar-refractivity contribution in [3.8, 4) is 0 Å². The minimum Gasteiger partial charge on any atom is -0.299 e. The highest BCUT2D eigenvalue weighted by molar-refractivity contribution is 5.24. The van der Waals surface area contributed by atoms with Crippen molar-refractivity contribution in [3.63, 3.8) is 0 Å². The topological polar surface area (TPSA) is 3.24 Å². The summed E-state index contributed by atoms with van der Waals surface area (Å²) < 4.78 is 37.2. The first-order valence-corrected chi connectivity index (χ1v) is 6.15. The van der Waals surface area contributed by atoms with Crippen molar-refractivity contribution in [1.82, 2.24) is 4.90 Å². The van der Waals surface area contributed by atoms with Crippen molar-refractivity contribution in [2.75, 3.05) is 13.1 Å². The Hall–Kier alpha value is -1.03. The molecule has 0 amide bonds. The van der Waals surface area contributed by atoms with Gasteiger partial charge in [0.25, 0.3) is 0 Å². The van der Waals surface area contributed by atoms with E-state index >= 15 is 0 Å². The minimum atomic E-state index is -4.24. The van der Waals surface area contributed by atoms with E-state index in [1.807, 2.05) is 0 Å². The van der Waals surface area contributed by atoms with E-state index in [4.69, 9.17) is 0 Å². The summed E-state index contributed by atoms with van der Waals surface area (Å²) in [5.41, 5.74) is 0.694. The summed E-state index contributed by atoms with van der Waals surface area (Å²) >= 11 is 0. The number of likely N-dealkylation sites (tertiary alicyclic amines) is 1. The van der Waals surface area contributed by atoms with Gasteiger partial charge < -0.3 is 0 Å². The van der Waals surface area contributed by atoms with E-state index in [-0.39, 0.29) is 0 Å². The molecule has 1 aromatic carbocycles. The van der Waals surface area contributed by atoms with Crippen LogP contribution in [-0.2, 0) is 12.7 Å². The van der Waals surface area contributed by atoms with E-state index in [1.165, 1.54) is 0 Å². The average molecular weight is 257 g/mol. The standard InChI is InChI=1S/C14H18F3N/c1-13(2)7-8-18(10-13)9-11-3-5-12(6-4-11)14(15,16)17/h3-6H,7-10H2,1-2H3. The van der Waals surface area contributed by atoms with Gasteiger partial charge in [-0.15, -0.1) is 0 Å². The van der Waals surface area contributed by atoms with Crippen LogP contribution in [0.15, 0.2) is 24.3 Å². The number of hydrogen-bond donors (Lipinski definition) is 0. The zero-order chi connectivity index (χ0) is 13.4. The predicted octanol–water partition coefficient (Wildman–Crippen LogP) is 3.94. The number of hydrogen-bond acceptors (Lipinski definition) is 1. The van der Waals surface area contributed by atoms with Crippen LogP contribution >= 0.6 is 0 Å². The van der Waals surface area contributed by atoms with Gasteiger partial charge in [0.05, 0.1) is 5.56 Å². The second-order valence-corrected chi connectivity index (χ2v) is 5.82. The van der Waals surface area contributed by atoms with Gasteiger partial charge in [0, 0.05) is 13.1 Å². The molecule has 1 heterocycles. The van der Waals surface area contributed by atoms with Crippen LogP contribution < -0.4 is 0 Å². The molecule has 4 heteroatoms. The third kappa shape index (κ3) is 3.25. The molecule has 0 N–H and O–H groups in total.